The van der Waals surface area contributed by atoms with E-state index in [-0.39, 0.29) is 6.42 Å². The molecule has 114 valence electrons. The van der Waals surface area contributed by atoms with Crippen molar-refractivity contribution < 1.29 is 14.6 Å². The predicted molar refractivity (Wildman–Crippen MR) is 81.8 cm³/mol. The summed E-state index contributed by atoms with van der Waals surface area (Å²) in [5, 5.41) is 8.73. The summed E-state index contributed by atoms with van der Waals surface area (Å²) in [6.45, 7) is 5.67. The molecule has 21 heavy (non-hydrogen) atoms. The fraction of sp³-hybridized carbons (Fsp3) is 0.500. The van der Waals surface area contributed by atoms with Crippen molar-refractivity contribution in [3.63, 3.8) is 0 Å². The van der Waals surface area contributed by atoms with Crippen molar-refractivity contribution >= 4 is 17.0 Å². The van der Waals surface area contributed by atoms with E-state index in [0.717, 1.165) is 35.6 Å². The number of rotatable bonds is 8. The number of aryl methyl sites for hydroxylation is 2. The van der Waals surface area contributed by atoms with Crippen LogP contribution in [0.15, 0.2) is 18.2 Å². The van der Waals surface area contributed by atoms with Crippen molar-refractivity contribution in [2.75, 3.05) is 6.61 Å². The van der Waals surface area contributed by atoms with E-state index in [4.69, 9.17) is 9.84 Å². The van der Waals surface area contributed by atoms with Crippen LogP contribution in [0.4, 0.5) is 0 Å². The second-order valence-corrected chi connectivity index (χ2v) is 5.02. The van der Waals surface area contributed by atoms with E-state index in [1.807, 2.05) is 18.2 Å². The van der Waals surface area contributed by atoms with Gasteiger partial charge in [0.05, 0.1) is 17.6 Å². The quantitative estimate of drug-likeness (QED) is 0.810. The highest BCUT2D eigenvalue weighted by atomic mass is 16.5. The number of carbonyl (C=O) groups is 1. The van der Waals surface area contributed by atoms with Crippen LogP contribution in [-0.4, -0.2) is 27.2 Å². The Bertz CT molecular complexity index is 619. The van der Waals surface area contributed by atoms with Crippen LogP contribution in [0.3, 0.4) is 0 Å². The number of ether oxygens (including phenoxy) is 1. The molecule has 1 N–H and O–H groups in total. The number of benzene rings is 1. The highest BCUT2D eigenvalue weighted by Crippen LogP contribution is 2.23. The number of hydrogen-bond donors (Lipinski definition) is 1. The third kappa shape index (κ3) is 3.74. The normalized spacial score (nSPS) is 11.0. The summed E-state index contributed by atoms with van der Waals surface area (Å²) in [4.78, 5) is 15.3. The van der Waals surface area contributed by atoms with Gasteiger partial charge in [-0.25, -0.2) is 4.98 Å². The predicted octanol–water partition coefficient (Wildman–Crippen LogP) is 3.25. The minimum Gasteiger partial charge on any atom is -0.494 e. The van der Waals surface area contributed by atoms with Crippen molar-refractivity contribution in [3.05, 3.63) is 24.0 Å². The van der Waals surface area contributed by atoms with Crippen molar-refractivity contribution in [1.29, 1.82) is 0 Å². The lowest BCUT2D eigenvalue weighted by atomic mass is 10.2. The van der Waals surface area contributed by atoms with Crippen molar-refractivity contribution in [2.45, 2.75) is 46.1 Å². The lowest BCUT2D eigenvalue weighted by Crippen LogP contribution is -2.03. The van der Waals surface area contributed by atoms with Gasteiger partial charge >= 0.3 is 5.97 Å². The van der Waals surface area contributed by atoms with Crippen LogP contribution >= 0.6 is 0 Å². The number of carboxylic acid groups (broad SMARTS) is 1. The molecule has 0 aliphatic carbocycles. The average Bonchev–Trinajstić information content (AvgIpc) is 2.81. The molecular formula is C16H22N2O3. The first-order valence-corrected chi connectivity index (χ1v) is 7.49. The van der Waals surface area contributed by atoms with Crippen LogP contribution in [0.5, 0.6) is 5.75 Å². The summed E-state index contributed by atoms with van der Waals surface area (Å²) in [5.74, 6) is 1.02. The van der Waals surface area contributed by atoms with Crippen molar-refractivity contribution in [1.82, 2.24) is 9.55 Å². The second kappa shape index (κ2) is 7.11. The van der Waals surface area contributed by atoms with Gasteiger partial charge in [-0.2, -0.15) is 0 Å². The maximum absolute atomic E-state index is 10.6. The van der Waals surface area contributed by atoms with Crippen LogP contribution < -0.4 is 4.74 Å². The highest BCUT2D eigenvalue weighted by molar-refractivity contribution is 5.77. The van der Waals surface area contributed by atoms with Crippen LogP contribution in [0.2, 0.25) is 0 Å². The molecule has 1 aromatic carbocycles. The summed E-state index contributed by atoms with van der Waals surface area (Å²) < 4.78 is 7.77. The van der Waals surface area contributed by atoms with Gasteiger partial charge in [0.1, 0.15) is 11.6 Å². The van der Waals surface area contributed by atoms with Crippen LogP contribution in [0.1, 0.15) is 38.9 Å². The molecule has 0 saturated heterocycles. The molecule has 5 heteroatoms. The molecule has 0 amide bonds. The lowest BCUT2D eigenvalue weighted by molar-refractivity contribution is -0.137. The van der Waals surface area contributed by atoms with Gasteiger partial charge in [0.15, 0.2) is 0 Å². The minimum atomic E-state index is -0.760. The van der Waals surface area contributed by atoms with Gasteiger partial charge in [0, 0.05) is 25.5 Å². The third-order valence-corrected chi connectivity index (χ3v) is 3.38. The standard InChI is InChI=1S/C16H22N2O3/c1-3-10-21-12-8-9-14-13(11-12)17-15(18(14)4-2)6-5-7-16(19)20/h8-9,11H,3-7,10H2,1-2H3,(H,19,20). The topological polar surface area (TPSA) is 64.3 Å². The summed E-state index contributed by atoms with van der Waals surface area (Å²) in [6, 6.07) is 5.95. The van der Waals surface area contributed by atoms with Gasteiger partial charge in [0.25, 0.3) is 0 Å². The molecular weight excluding hydrogens is 268 g/mol. The SMILES string of the molecule is CCCOc1ccc2c(c1)nc(CCCC(=O)O)n2CC. The first kappa shape index (κ1) is 15.4. The zero-order valence-electron chi connectivity index (χ0n) is 12.6. The van der Waals surface area contributed by atoms with Gasteiger partial charge in [-0.15, -0.1) is 0 Å². The van der Waals surface area contributed by atoms with E-state index >= 15 is 0 Å². The van der Waals surface area contributed by atoms with Gasteiger partial charge < -0.3 is 14.4 Å². The van der Waals surface area contributed by atoms with Gasteiger partial charge in [-0.05, 0) is 31.9 Å². The lowest BCUT2D eigenvalue weighted by Gasteiger charge is -2.06. The Balaban J connectivity index is 2.22. The number of fused-ring (bicyclic) bond motifs is 1. The molecule has 0 bridgehead atoms. The zero-order valence-corrected chi connectivity index (χ0v) is 12.6. The first-order chi connectivity index (χ1) is 10.2. The number of hydrogen-bond acceptors (Lipinski definition) is 3. The largest absolute Gasteiger partial charge is 0.494 e. The Labute approximate surface area is 124 Å². The third-order valence-electron chi connectivity index (χ3n) is 3.38. The minimum absolute atomic E-state index is 0.178. The molecule has 2 aromatic rings. The zero-order chi connectivity index (χ0) is 15.2. The van der Waals surface area contributed by atoms with Crippen molar-refractivity contribution in [2.24, 2.45) is 0 Å². The van der Waals surface area contributed by atoms with Gasteiger partial charge in [0.2, 0.25) is 0 Å². The molecule has 1 aromatic heterocycles. The van der Waals surface area contributed by atoms with E-state index in [9.17, 15) is 4.79 Å². The Morgan fingerprint density at radius 3 is 2.86 bits per heavy atom. The summed E-state index contributed by atoms with van der Waals surface area (Å²) >= 11 is 0. The van der Waals surface area contributed by atoms with E-state index in [2.05, 4.69) is 23.4 Å². The summed E-state index contributed by atoms with van der Waals surface area (Å²) in [7, 11) is 0. The fourth-order valence-corrected chi connectivity index (χ4v) is 2.41. The maximum atomic E-state index is 10.6. The summed E-state index contributed by atoms with van der Waals surface area (Å²) in [5.41, 5.74) is 1.99. The molecule has 5 nitrogen and oxygen atoms in total. The number of carboxylic acids is 1. The molecule has 0 aliphatic rings. The second-order valence-electron chi connectivity index (χ2n) is 5.02. The fourth-order valence-electron chi connectivity index (χ4n) is 2.41. The molecule has 2 rings (SSSR count). The molecule has 0 spiro atoms. The molecule has 1 heterocycles. The Morgan fingerprint density at radius 2 is 2.19 bits per heavy atom. The molecule has 0 radical (unpaired) electrons. The highest BCUT2D eigenvalue weighted by Gasteiger charge is 2.11. The van der Waals surface area contributed by atoms with E-state index in [1.165, 1.54) is 0 Å². The molecule has 0 unspecified atom stereocenters. The van der Waals surface area contributed by atoms with Crippen molar-refractivity contribution in [3.8, 4) is 5.75 Å². The molecule has 0 fully saturated rings. The number of nitrogens with zero attached hydrogens (tertiary/aromatic N) is 2. The number of imidazole rings is 1. The Kier molecular flexibility index (Phi) is 5.20. The average molecular weight is 290 g/mol. The monoisotopic (exact) mass is 290 g/mol. The first-order valence-electron chi connectivity index (χ1n) is 7.49. The van der Waals surface area contributed by atoms with E-state index in [0.29, 0.717) is 19.4 Å². The molecule has 0 atom stereocenters. The molecule has 0 saturated carbocycles. The smallest absolute Gasteiger partial charge is 0.303 e. The maximum Gasteiger partial charge on any atom is 0.303 e. The van der Waals surface area contributed by atoms with Gasteiger partial charge in [-0.3, -0.25) is 4.79 Å². The van der Waals surface area contributed by atoms with Crippen LogP contribution in [0, 0.1) is 0 Å². The number of aliphatic carboxylic acids is 1. The Morgan fingerprint density at radius 1 is 1.38 bits per heavy atom. The van der Waals surface area contributed by atoms with E-state index in [1.54, 1.807) is 0 Å². The summed E-state index contributed by atoms with van der Waals surface area (Å²) in [6.07, 6.45) is 2.44. The Hall–Kier alpha value is -2.04. The molecule has 0 aliphatic heterocycles. The van der Waals surface area contributed by atoms with Crippen LogP contribution in [-0.2, 0) is 17.8 Å². The van der Waals surface area contributed by atoms with Crippen LogP contribution in [0.25, 0.3) is 11.0 Å². The van der Waals surface area contributed by atoms with Gasteiger partial charge in [-0.1, -0.05) is 6.92 Å². The number of aromatic nitrogens is 2. The van der Waals surface area contributed by atoms with E-state index < -0.39 is 5.97 Å².